The van der Waals surface area contributed by atoms with Crippen LogP contribution in [-0.2, 0) is 13.1 Å². The molecule has 0 saturated heterocycles. The summed E-state index contributed by atoms with van der Waals surface area (Å²) < 4.78 is 17.3. The van der Waals surface area contributed by atoms with E-state index in [1.54, 1.807) is 186 Å². The van der Waals surface area contributed by atoms with Crippen LogP contribution in [0, 0.1) is 0 Å². The van der Waals surface area contributed by atoms with Crippen molar-refractivity contribution in [2.45, 2.75) is 169 Å². The molecule has 1 saturated carbocycles. The van der Waals surface area contributed by atoms with E-state index in [9.17, 15) is 33.6 Å². The number of hydrogen-bond donors (Lipinski definition) is 0. The molecule has 14 rings (SSSR count). The maximum atomic E-state index is 11.8. The highest BCUT2D eigenvalue weighted by Gasteiger charge is 2.20. The van der Waals surface area contributed by atoms with Gasteiger partial charge >= 0.3 is 39.8 Å². The molecule has 10 aromatic heterocycles. The Labute approximate surface area is 677 Å². The number of pyridine rings is 3. The fourth-order valence-electron chi connectivity index (χ4n) is 9.42. The van der Waals surface area contributed by atoms with Crippen molar-refractivity contribution in [2.24, 2.45) is 0 Å². The van der Waals surface area contributed by atoms with Crippen LogP contribution >= 0.6 is 0 Å². The summed E-state index contributed by atoms with van der Waals surface area (Å²) in [5, 5.41) is 52.5. The number of allylic oxidation sites excluding steroid dienone is 7. The molecule has 38 nitrogen and oxygen atoms in total. The second-order valence-corrected chi connectivity index (χ2v) is 21.9. The molecule has 620 valence electrons. The van der Waals surface area contributed by atoms with Crippen LogP contribution in [0.2, 0.25) is 0 Å². The highest BCUT2D eigenvalue weighted by Crippen LogP contribution is 2.26. The first-order valence-electron chi connectivity index (χ1n) is 38.3. The van der Waals surface area contributed by atoms with Crippen molar-refractivity contribution in [1.82, 2.24) is 153 Å². The Morgan fingerprint density at radius 2 is 0.615 bits per heavy atom. The van der Waals surface area contributed by atoms with E-state index >= 15 is 0 Å². The Morgan fingerprint density at radius 1 is 0.291 bits per heavy atom. The van der Waals surface area contributed by atoms with Crippen LogP contribution in [0.25, 0.3) is 66.3 Å². The summed E-state index contributed by atoms with van der Waals surface area (Å²) in [5.41, 5.74) is 2.16. The topological polar surface area (TPSA) is 408 Å². The first-order chi connectivity index (χ1) is 57.2. The molecule has 1 aliphatic carbocycles. The van der Waals surface area contributed by atoms with E-state index in [0.717, 1.165) is 38.0 Å². The second-order valence-electron chi connectivity index (χ2n) is 21.9. The van der Waals surface area contributed by atoms with Crippen LogP contribution in [-0.4, -0.2) is 153 Å². The molecule has 3 aromatic carbocycles. The average molecular weight is 1600 g/mol. The second kappa shape index (κ2) is 56.6. The van der Waals surface area contributed by atoms with Gasteiger partial charge in [-0.15, -0.1) is 4.68 Å². The third-order valence-electron chi connectivity index (χ3n) is 14.3. The smallest absolute Gasteiger partial charge is 0.265 e. The van der Waals surface area contributed by atoms with Crippen LogP contribution in [0.15, 0.2) is 241 Å². The Hall–Kier alpha value is -14.6. The summed E-state index contributed by atoms with van der Waals surface area (Å²) in [4.78, 5) is 93.7. The van der Waals surface area contributed by atoms with Crippen LogP contribution in [0.4, 0.5) is 0 Å². The zero-order chi connectivity index (χ0) is 86.1. The molecule has 0 spiro atoms. The molecular formula is C79H107N31O7. The molecular weight excluding hydrogens is 1500 g/mol. The molecule has 13 aromatic rings. The van der Waals surface area contributed by atoms with E-state index < -0.39 is 0 Å². The minimum atomic E-state index is -0.341. The minimum Gasteiger partial charge on any atom is -0.265 e. The lowest BCUT2D eigenvalue weighted by Crippen LogP contribution is -2.27. The number of aromatic nitrogens is 31. The Kier molecular flexibility index (Phi) is 46.7. The van der Waals surface area contributed by atoms with Gasteiger partial charge in [0.1, 0.15) is 0 Å². The van der Waals surface area contributed by atoms with Gasteiger partial charge in [0.05, 0.1) is 42.4 Å². The van der Waals surface area contributed by atoms with E-state index in [0.29, 0.717) is 36.0 Å². The quantitative estimate of drug-likeness (QED) is 0.0867. The zero-order valence-corrected chi connectivity index (χ0v) is 69.4. The highest BCUT2D eigenvalue weighted by atomic mass is 16.2. The maximum absolute atomic E-state index is 11.8. The van der Waals surface area contributed by atoms with Crippen molar-refractivity contribution in [3.05, 3.63) is 291 Å². The van der Waals surface area contributed by atoms with Crippen molar-refractivity contribution >= 4 is 43.4 Å². The summed E-state index contributed by atoms with van der Waals surface area (Å²) in [6.45, 7) is 33.6. The molecule has 0 N–H and O–H groups in total. The third-order valence-corrected chi connectivity index (χ3v) is 14.3. The molecule has 10 heterocycles. The van der Waals surface area contributed by atoms with Crippen molar-refractivity contribution in [3.63, 3.8) is 0 Å². The van der Waals surface area contributed by atoms with Gasteiger partial charge in [0, 0.05) is 68.2 Å². The summed E-state index contributed by atoms with van der Waals surface area (Å²) in [6.07, 6.45) is 36.8. The number of hydrogen-bond acceptors (Lipinski definition) is 24. The molecule has 117 heavy (non-hydrogen) atoms. The van der Waals surface area contributed by atoms with Gasteiger partial charge in [-0.1, -0.05) is 216 Å². The summed E-state index contributed by atoms with van der Waals surface area (Å²) in [6, 6.07) is 40.9. The van der Waals surface area contributed by atoms with Gasteiger partial charge in [-0.25, -0.2) is 38.5 Å². The minimum absolute atomic E-state index is 0.125. The largest absolute Gasteiger partial charge is 0.374 e. The number of tetrazole rings is 7. The molecule has 1 fully saturated rings. The summed E-state index contributed by atoms with van der Waals surface area (Å²) in [7, 11) is 0. The fraction of sp³-hybridized carbons (Fsp3) is 0.316. The highest BCUT2D eigenvalue weighted by molar-refractivity contribution is 5.31. The lowest BCUT2D eigenvalue weighted by atomic mass is 9.96. The van der Waals surface area contributed by atoms with Gasteiger partial charge in [0.25, 0.3) is 0 Å². The average Bonchev–Trinajstić information content (AvgIpc) is 1.71. The molecule has 38 heteroatoms. The van der Waals surface area contributed by atoms with Crippen LogP contribution < -0.4 is 39.8 Å². The molecule has 0 radical (unpaired) electrons. The van der Waals surface area contributed by atoms with Crippen LogP contribution in [0.1, 0.15) is 167 Å². The number of benzene rings is 3. The lowest BCUT2D eigenvalue weighted by molar-refractivity contribution is 0.318. The van der Waals surface area contributed by atoms with Gasteiger partial charge in [-0.2, -0.15) is 60.9 Å². The molecule has 1 aliphatic rings. The van der Waals surface area contributed by atoms with E-state index in [1.165, 1.54) is 77.0 Å². The SMILES string of the molecule is C/C=C\n1nnn(-c2ccccc2)c1=O.C/C=C\n1nnn(-c2ccccn2)c1=O.C/C=C\n1nnn(-c2cccnc2)c1=O.C/C=C\n1nnn(-c2ccncc2)c1=O.C/C=C\n1nnn(C2CCCCC2)c1=O.C/C=C\n1nnn(Cc2ccccc2)c1=O.C/C=C\n1nnn(Cc2ccccc2)c1=O.CC.CC.CC.CC.CC. The molecule has 0 amide bonds. The van der Waals surface area contributed by atoms with E-state index in [-0.39, 0.29) is 45.9 Å². The van der Waals surface area contributed by atoms with Crippen LogP contribution in [0.3, 0.4) is 0 Å². The van der Waals surface area contributed by atoms with E-state index in [2.05, 4.69) is 87.9 Å². The lowest BCUT2D eigenvalue weighted by Gasteiger charge is -2.19. The summed E-state index contributed by atoms with van der Waals surface area (Å²) >= 11 is 0. The van der Waals surface area contributed by atoms with Crippen molar-refractivity contribution in [3.8, 4) is 22.9 Å². The van der Waals surface area contributed by atoms with Gasteiger partial charge in [-0.05, 0) is 194 Å². The molecule has 0 aliphatic heterocycles. The first-order valence-corrected chi connectivity index (χ1v) is 38.3. The molecule has 0 unspecified atom stereocenters. The zero-order valence-electron chi connectivity index (χ0n) is 69.4. The number of para-hydroxylation sites is 1. The molecule has 0 bridgehead atoms. The maximum Gasteiger partial charge on any atom is 0.374 e. The predicted molar refractivity (Wildman–Crippen MR) is 456 cm³/mol. The Bertz CT molecular complexity index is 4990. The van der Waals surface area contributed by atoms with Gasteiger partial charge in [0.15, 0.2) is 5.82 Å². The Morgan fingerprint density at radius 3 is 0.991 bits per heavy atom. The monoisotopic (exact) mass is 1600 g/mol. The van der Waals surface area contributed by atoms with E-state index in [1.807, 2.05) is 176 Å². The van der Waals surface area contributed by atoms with Crippen molar-refractivity contribution < 1.29 is 0 Å². The molecule has 0 atom stereocenters. The number of rotatable bonds is 16. The van der Waals surface area contributed by atoms with Crippen molar-refractivity contribution in [2.75, 3.05) is 0 Å². The van der Waals surface area contributed by atoms with Gasteiger partial charge in [-0.3, -0.25) is 9.97 Å². The fourth-order valence-corrected chi connectivity index (χ4v) is 9.42. The van der Waals surface area contributed by atoms with Crippen molar-refractivity contribution in [1.29, 1.82) is 0 Å². The third kappa shape index (κ3) is 30.4. The normalized spacial score (nSPS) is 11.3. The predicted octanol–water partition coefficient (Wildman–Crippen LogP) is 10.4. The number of nitrogens with zero attached hydrogens (tertiary/aromatic N) is 31. The standard InChI is InChI=1S/2C11H12N4O.C10H16N4O.C10H10N4O.3C9H9N5O.5C2H6/c2*1-2-8-14-11(16)15(13-12-14)9-10-6-4-3-5-7-10;2*1-2-8-13-10(15)14(12-11-13)9-6-4-3-5-7-9;1-2-7-13-9(15)14(12-11-13)8-3-5-10-6-4-8;1-2-7-13-9(15)14(12-11-13)8-5-3-4-6-10-8;1-2-6-13-9(15)14(12-11-13)8-4-3-5-10-7-8;5*1-2/h2*2-8H,9H2,1H3;2,8-9H,3-7H2,1H3;2-8H,1H3;3*2-7H,1H3;5*1-2H3/b4*8-2-;2*7-2-;6-2-;;;;;. The summed E-state index contributed by atoms with van der Waals surface area (Å²) in [5.74, 6) is 0.457. The van der Waals surface area contributed by atoms with Gasteiger partial charge < -0.3 is 0 Å². The Balaban J connectivity index is 0.000000346. The first kappa shape index (κ1) is 96.6. The van der Waals surface area contributed by atoms with Crippen LogP contribution in [0.5, 0.6) is 0 Å². The van der Waals surface area contributed by atoms with E-state index in [4.69, 9.17) is 0 Å². The van der Waals surface area contributed by atoms with Gasteiger partial charge in [0.2, 0.25) is 0 Å².